The second kappa shape index (κ2) is 9.86. The van der Waals surface area contributed by atoms with Gasteiger partial charge in [0.2, 0.25) is 5.91 Å². The van der Waals surface area contributed by atoms with Gasteiger partial charge in [0.15, 0.2) is 0 Å². The lowest BCUT2D eigenvalue weighted by Crippen LogP contribution is -2.49. The number of hydrogen-bond acceptors (Lipinski definition) is 3. The van der Waals surface area contributed by atoms with Crippen LogP contribution >= 0.6 is 0 Å². The van der Waals surface area contributed by atoms with Gasteiger partial charge in [-0.15, -0.1) is 0 Å². The lowest BCUT2D eigenvalue weighted by molar-refractivity contribution is -0.118. The van der Waals surface area contributed by atoms with Crippen LogP contribution in [0, 0.1) is 0 Å². The molecule has 8 nitrogen and oxygen atoms in total. The number of nitrogens with one attached hydrogen (secondary N) is 5. The highest BCUT2D eigenvalue weighted by atomic mass is 16.2. The number of carbonyl (C=O) groups excluding carboxylic acids is 3. The van der Waals surface area contributed by atoms with E-state index < -0.39 is 0 Å². The van der Waals surface area contributed by atoms with Crippen molar-refractivity contribution in [3.05, 3.63) is 0 Å². The lowest BCUT2D eigenvalue weighted by Gasteiger charge is -2.29. The molecule has 0 aromatic carbocycles. The largest absolute Gasteiger partial charge is 0.355 e. The van der Waals surface area contributed by atoms with Crippen LogP contribution < -0.4 is 26.6 Å². The van der Waals surface area contributed by atoms with E-state index in [1.165, 1.54) is 6.92 Å². The molecule has 8 heteroatoms. The molecule has 1 fully saturated rings. The maximum Gasteiger partial charge on any atom is 0.315 e. The van der Waals surface area contributed by atoms with Gasteiger partial charge in [-0.3, -0.25) is 4.79 Å². The monoisotopic (exact) mass is 313 g/mol. The molecular formula is C14H27N5O3. The average molecular weight is 313 g/mol. The summed E-state index contributed by atoms with van der Waals surface area (Å²) in [5, 5.41) is 13.9. The normalized spacial score (nSPS) is 20.6. The summed E-state index contributed by atoms with van der Waals surface area (Å²) in [4.78, 5) is 33.8. The van der Waals surface area contributed by atoms with Crippen LogP contribution in [0.1, 0.15) is 39.5 Å². The van der Waals surface area contributed by atoms with E-state index in [0.717, 1.165) is 25.7 Å². The number of rotatable bonds is 6. The molecule has 0 saturated heterocycles. The fourth-order valence-electron chi connectivity index (χ4n) is 2.43. The summed E-state index contributed by atoms with van der Waals surface area (Å²) in [5.41, 5.74) is 0. The third-order valence-electron chi connectivity index (χ3n) is 3.52. The zero-order valence-electron chi connectivity index (χ0n) is 13.3. The van der Waals surface area contributed by atoms with E-state index in [1.54, 1.807) is 0 Å². The molecule has 0 aliphatic heterocycles. The van der Waals surface area contributed by atoms with E-state index in [-0.39, 0.29) is 30.1 Å². The Morgan fingerprint density at radius 3 is 1.73 bits per heavy atom. The molecule has 5 N–H and O–H groups in total. The molecule has 1 saturated carbocycles. The van der Waals surface area contributed by atoms with Gasteiger partial charge in [-0.2, -0.15) is 0 Å². The topological polar surface area (TPSA) is 111 Å². The third-order valence-corrected chi connectivity index (χ3v) is 3.52. The van der Waals surface area contributed by atoms with Crippen LogP contribution in [0.5, 0.6) is 0 Å². The van der Waals surface area contributed by atoms with Crippen molar-refractivity contribution in [3.63, 3.8) is 0 Å². The Labute approximate surface area is 131 Å². The maximum absolute atomic E-state index is 11.7. The van der Waals surface area contributed by atoms with E-state index >= 15 is 0 Å². The molecule has 1 aliphatic carbocycles. The van der Waals surface area contributed by atoms with Gasteiger partial charge in [-0.05, 0) is 32.6 Å². The van der Waals surface area contributed by atoms with E-state index in [1.807, 2.05) is 6.92 Å². The minimum atomic E-state index is -0.217. The summed E-state index contributed by atoms with van der Waals surface area (Å²) >= 11 is 0. The Morgan fingerprint density at radius 1 is 0.818 bits per heavy atom. The fourth-order valence-corrected chi connectivity index (χ4v) is 2.43. The van der Waals surface area contributed by atoms with Gasteiger partial charge in [-0.25, -0.2) is 9.59 Å². The molecule has 0 heterocycles. The highest BCUT2D eigenvalue weighted by Crippen LogP contribution is 2.18. The SMILES string of the molecule is CCNC(=O)NC1CCC(NC(=O)NCCNC(C)=O)CC1. The van der Waals surface area contributed by atoms with Crippen LogP contribution in [0.3, 0.4) is 0 Å². The second-order valence-electron chi connectivity index (χ2n) is 5.44. The Balaban J connectivity index is 2.13. The van der Waals surface area contributed by atoms with E-state index in [9.17, 15) is 14.4 Å². The molecule has 126 valence electrons. The minimum Gasteiger partial charge on any atom is -0.355 e. The van der Waals surface area contributed by atoms with Gasteiger partial charge >= 0.3 is 12.1 Å². The van der Waals surface area contributed by atoms with Crippen molar-refractivity contribution in [2.75, 3.05) is 19.6 Å². The van der Waals surface area contributed by atoms with Crippen molar-refractivity contribution in [1.29, 1.82) is 0 Å². The summed E-state index contributed by atoms with van der Waals surface area (Å²) in [5.74, 6) is -0.111. The molecule has 0 aromatic heterocycles. The third kappa shape index (κ3) is 7.70. The number of amides is 5. The first-order chi connectivity index (χ1) is 10.5. The molecule has 22 heavy (non-hydrogen) atoms. The fraction of sp³-hybridized carbons (Fsp3) is 0.786. The van der Waals surface area contributed by atoms with Crippen LogP contribution in [0.4, 0.5) is 9.59 Å². The van der Waals surface area contributed by atoms with Crippen LogP contribution in [0.25, 0.3) is 0 Å². The molecule has 1 rings (SSSR count). The van der Waals surface area contributed by atoms with Gasteiger partial charge in [0.1, 0.15) is 0 Å². The molecule has 0 unspecified atom stereocenters. The van der Waals surface area contributed by atoms with Gasteiger partial charge in [0.05, 0.1) is 0 Å². The summed E-state index contributed by atoms with van der Waals surface area (Å²) in [6.45, 7) is 4.76. The summed E-state index contributed by atoms with van der Waals surface area (Å²) in [7, 11) is 0. The van der Waals surface area contributed by atoms with E-state index in [0.29, 0.717) is 19.6 Å². The Hall–Kier alpha value is -1.99. The quantitative estimate of drug-likeness (QED) is 0.447. The molecule has 0 bridgehead atoms. The molecular weight excluding hydrogens is 286 g/mol. The second-order valence-corrected chi connectivity index (χ2v) is 5.44. The van der Waals surface area contributed by atoms with Crippen molar-refractivity contribution < 1.29 is 14.4 Å². The first kappa shape index (κ1) is 18.1. The highest BCUT2D eigenvalue weighted by Gasteiger charge is 2.23. The smallest absolute Gasteiger partial charge is 0.315 e. The van der Waals surface area contributed by atoms with Gasteiger partial charge in [0, 0.05) is 38.6 Å². The van der Waals surface area contributed by atoms with Crippen molar-refractivity contribution in [2.45, 2.75) is 51.6 Å². The summed E-state index contributed by atoms with van der Waals surface area (Å²) in [6.07, 6.45) is 3.40. The van der Waals surface area contributed by atoms with Crippen LogP contribution in [-0.2, 0) is 4.79 Å². The maximum atomic E-state index is 11.7. The number of urea groups is 2. The molecule has 1 aliphatic rings. The standard InChI is InChI=1S/C14H27N5O3/c1-3-15-13(21)18-11-4-6-12(7-5-11)19-14(22)17-9-8-16-10(2)20/h11-12H,3-9H2,1-2H3,(H,16,20)(H2,15,18,21)(H2,17,19,22). The molecule has 5 amide bonds. The molecule has 0 radical (unpaired) electrons. The molecule has 0 aromatic rings. The predicted octanol–water partition coefficient (Wildman–Crippen LogP) is 0.0520. The van der Waals surface area contributed by atoms with Gasteiger partial charge < -0.3 is 26.6 Å². The lowest BCUT2D eigenvalue weighted by atomic mass is 9.91. The summed E-state index contributed by atoms with van der Waals surface area (Å²) < 4.78 is 0. The molecule has 0 atom stereocenters. The number of carbonyl (C=O) groups is 3. The van der Waals surface area contributed by atoms with Gasteiger partial charge in [-0.1, -0.05) is 0 Å². The van der Waals surface area contributed by atoms with Crippen molar-refractivity contribution >= 4 is 18.0 Å². The first-order valence-electron chi connectivity index (χ1n) is 7.84. The highest BCUT2D eigenvalue weighted by molar-refractivity contribution is 5.75. The zero-order valence-corrected chi connectivity index (χ0v) is 13.3. The van der Waals surface area contributed by atoms with Crippen molar-refractivity contribution in [2.24, 2.45) is 0 Å². The van der Waals surface area contributed by atoms with E-state index in [2.05, 4.69) is 26.6 Å². The van der Waals surface area contributed by atoms with Crippen LogP contribution in [0.15, 0.2) is 0 Å². The van der Waals surface area contributed by atoms with Gasteiger partial charge in [0.25, 0.3) is 0 Å². The Kier molecular flexibility index (Phi) is 8.09. The predicted molar refractivity (Wildman–Crippen MR) is 83.5 cm³/mol. The Morgan fingerprint density at radius 2 is 1.27 bits per heavy atom. The van der Waals surface area contributed by atoms with E-state index in [4.69, 9.17) is 0 Å². The van der Waals surface area contributed by atoms with Crippen molar-refractivity contribution in [3.8, 4) is 0 Å². The van der Waals surface area contributed by atoms with Crippen molar-refractivity contribution in [1.82, 2.24) is 26.6 Å². The van der Waals surface area contributed by atoms with Crippen LogP contribution in [0.2, 0.25) is 0 Å². The first-order valence-corrected chi connectivity index (χ1v) is 7.84. The zero-order chi connectivity index (χ0) is 16.4. The summed E-state index contributed by atoms with van der Waals surface area (Å²) in [6, 6.07) is -0.0411. The molecule has 0 spiro atoms. The number of hydrogen-bond donors (Lipinski definition) is 5. The van der Waals surface area contributed by atoms with Crippen LogP contribution in [-0.4, -0.2) is 49.7 Å². The minimum absolute atomic E-state index is 0.111. The average Bonchev–Trinajstić information content (AvgIpc) is 2.46. The Bertz CT molecular complexity index is 381.